The first kappa shape index (κ1) is 25.9. The van der Waals surface area contributed by atoms with E-state index in [0.29, 0.717) is 12.0 Å². The van der Waals surface area contributed by atoms with Gasteiger partial charge in [0.1, 0.15) is 0 Å². The molecule has 1 aromatic heterocycles. The van der Waals surface area contributed by atoms with Crippen molar-refractivity contribution in [2.75, 3.05) is 33.7 Å². The molecule has 6 nitrogen and oxygen atoms in total. The minimum atomic E-state index is 0. The van der Waals surface area contributed by atoms with Crippen LogP contribution in [-0.2, 0) is 6.54 Å². The molecule has 1 fully saturated rings. The molecule has 2 unspecified atom stereocenters. The standard InChI is InChI=1S/C23H35ClN6.HI/c1-17-14-18(2)30(28-17)13-7-11-26-23(25-3)27-16-20-9-6-12-29(4)22(20)19-8-5-10-21(24)15-19;/h5,8,10,14-15,20,22H,6-7,9,11-13,16H2,1-4H3,(H2,25,26,27);1H. The molecule has 2 aromatic rings. The topological polar surface area (TPSA) is 57.5 Å². The second-order valence-electron chi connectivity index (χ2n) is 8.27. The highest BCUT2D eigenvalue weighted by Crippen LogP contribution is 2.35. The van der Waals surface area contributed by atoms with Gasteiger partial charge in [0.25, 0.3) is 0 Å². The fraction of sp³-hybridized carbons (Fsp3) is 0.565. The molecule has 0 saturated carbocycles. The van der Waals surface area contributed by atoms with Crippen LogP contribution in [0.1, 0.15) is 42.3 Å². The van der Waals surface area contributed by atoms with Gasteiger partial charge in [0.2, 0.25) is 0 Å². The van der Waals surface area contributed by atoms with Gasteiger partial charge < -0.3 is 10.6 Å². The SMILES string of the molecule is CN=C(NCCCn1nc(C)cc1C)NCC1CCCN(C)C1c1cccc(Cl)c1.I. The third-order valence-electron chi connectivity index (χ3n) is 5.90. The largest absolute Gasteiger partial charge is 0.356 e. The van der Waals surface area contributed by atoms with Crippen LogP contribution in [0.2, 0.25) is 5.02 Å². The molecule has 1 saturated heterocycles. The van der Waals surface area contributed by atoms with Crippen molar-refractivity contribution in [1.29, 1.82) is 0 Å². The molecule has 2 heterocycles. The minimum Gasteiger partial charge on any atom is -0.356 e. The molecule has 0 aliphatic carbocycles. The lowest BCUT2D eigenvalue weighted by Crippen LogP contribution is -2.45. The Morgan fingerprint density at radius 3 is 2.74 bits per heavy atom. The molecule has 0 radical (unpaired) electrons. The Bertz CT molecular complexity index is 852. The Kier molecular flexibility index (Phi) is 10.6. The van der Waals surface area contributed by atoms with Crippen LogP contribution in [0.25, 0.3) is 0 Å². The Morgan fingerprint density at radius 1 is 1.26 bits per heavy atom. The summed E-state index contributed by atoms with van der Waals surface area (Å²) in [5.74, 6) is 1.37. The van der Waals surface area contributed by atoms with E-state index in [9.17, 15) is 0 Å². The predicted molar refractivity (Wildman–Crippen MR) is 141 cm³/mol. The lowest BCUT2D eigenvalue weighted by molar-refractivity contribution is 0.122. The summed E-state index contributed by atoms with van der Waals surface area (Å²) in [5, 5.41) is 12.3. The molecule has 1 aliphatic rings. The van der Waals surface area contributed by atoms with Crippen LogP contribution in [0.4, 0.5) is 0 Å². The van der Waals surface area contributed by atoms with Gasteiger partial charge in [-0.15, -0.1) is 24.0 Å². The van der Waals surface area contributed by atoms with Gasteiger partial charge in [-0.3, -0.25) is 14.6 Å². The monoisotopic (exact) mass is 558 g/mol. The Morgan fingerprint density at radius 2 is 2.06 bits per heavy atom. The zero-order chi connectivity index (χ0) is 21.5. The molecule has 0 spiro atoms. The number of rotatable bonds is 7. The van der Waals surface area contributed by atoms with Crippen molar-refractivity contribution in [2.24, 2.45) is 10.9 Å². The van der Waals surface area contributed by atoms with Crippen LogP contribution in [-0.4, -0.2) is 54.4 Å². The summed E-state index contributed by atoms with van der Waals surface area (Å²) in [6.07, 6.45) is 3.41. The lowest BCUT2D eigenvalue weighted by Gasteiger charge is -2.40. The van der Waals surface area contributed by atoms with E-state index in [1.807, 2.05) is 26.1 Å². The maximum Gasteiger partial charge on any atom is 0.190 e. The number of aliphatic imine (C=N–C) groups is 1. The van der Waals surface area contributed by atoms with E-state index in [0.717, 1.165) is 49.3 Å². The molecule has 8 heteroatoms. The third kappa shape index (κ3) is 7.36. The molecule has 2 N–H and O–H groups in total. The highest BCUT2D eigenvalue weighted by Gasteiger charge is 2.30. The van der Waals surface area contributed by atoms with Gasteiger partial charge in [0, 0.05) is 43.4 Å². The minimum absolute atomic E-state index is 0. The van der Waals surface area contributed by atoms with Gasteiger partial charge in [-0.05, 0) is 76.4 Å². The summed E-state index contributed by atoms with van der Waals surface area (Å²) in [7, 11) is 4.04. The van der Waals surface area contributed by atoms with Gasteiger partial charge in [-0.25, -0.2) is 0 Å². The third-order valence-corrected chi connectivity index (χ3v) is 6.13. The molecule has 0 amide bonds. The number of piperidine rings is 1. The first-order valence-electron chi connectivity index (χ1n) is 10.9. The molecule has 2 atom stereocenters. The van der Waals surface area contributed by atoms with Gasteiger partial charge in [-0.1, -0.05) is 23.7 Å². The number of hydrogen-bond donors (Lipinski definition) is 2. The normalized spacial score (nSPS) is 19.7. The van der Waals surface area contributed by atoms with Gasteiger partial charge in [-0.2, -0.15) is 5.10 Å². The molecule has 3 rings (SSSR count). The summed E-state index contributed by atoms with van der Waals surface area (Å²) in [5.41, 5.74) is 3.58. The van der Waals surface area contributed by atoms with Crippen molar-refractivity contribution < 1.29 is 0 Å². The molecule has 31 heavy (non-hydrogen) atoms. The second-order valence-corrected chi connectivity index (χ2v) is 8.70. The first-order valence-corrected chi connectivity index (χ1v) is 11.3. The van der Waals surface area contributed by atoms with Crippen molar-refractivity contribution >= 4 is 41.5 Å². The first-order chi connectivity index (χ1) is 14.5. The number of aryl methyl sites for hydroxylation is 3. The van der Waals surface area contributed by atoms with Crippen molar-refractivity contribution in [3.05, 3.63) is 52.3 Å². The van der Waals surface area contributed by atoms with Crippen molar-refractivity contribution in [3.63, 3.8) is 0 Å². The summed E-state index contributed by atoms with van der Waals surface area (Å²) in [4.78, 5) is 6.86. The highest BCUT2D eigenvalue weighted by atomic mass is 127. The number of aromatic nitrogens is 2. The molecular formula is C23H36ClIN6. The molecule has 0 bridgehead atoms. The molecule has 172 valence electrons. The summed E-state index contributed by atoms with van der Waals surface area (Å²) < 4.78 is 2.07. The van der Waals surface area contributed by atoms with E-state index >= 15 is 0 Å². The van der Waals surface area contributed by atoms with Crippen LogP contribution in [0, 0.1) is 19.8 Å². The lowest BCUT2D eigenvalue weighted by atomic mass is 9.85. The van der Waals surface area contributed by atoms with E-state index in [1.165, 1.54) is 24.1 Å². The average molecular weight is 559 g/mol. The van der Waals surface area contributed by atoms with Crippen molar-refractivity contribution in [3.8, 4) is 0 Å². The second kappa shape index (κ2) is 12.6. The zero-order valence-electron chi connectivity index (χ0n) is 19.1. The summed E-state index contributed by atoms with van der Waals surface area (Å²) in [6.45, 7) is 7.91. The summed E-state index contributed by atoms with van der Waals surface area (Å²) >= 11 is 6.27. The quantitative estimate of drug-likeness (QED) is 0.229. The van der Waals surface area contributed by atoms with Crippen LogP contribution in [0.5, 0.6) is 0 Å². The fourth-order valence-corrected chi connectivity index (χ4v) is 4.67. The maximum atomic E-state index is 6.27. The Hall–Kier alpha value is -1.32. The zero-order valence-corrected chi connectivity index (χ0v) is 22.2. The van der Waals surface area contributed by atoms with Crippen LogP contribution < -0.4 is 10.6 Å². The maximum absolute atomic E-state index is 6.27. The molecular weight excluding hydrogens is 523 g/mol. The van der Waals surface area contributed by atoms with Crippen LogP contribution >= 0.6 is 35.6 Å². The fourth-order valence-electron chi connectivity index (χ4n) is 4.48. The van der Waals surface area contributed by atoms with Crippen molar-refractivity contribution in [1.82, 2.24) is 25.3 Å². The number of nitrogens with zero attached hydrogens (tertiary/aromatic N) is 4. The van der Waals surface area contributed by atoms with Gasteiger partial charge in [0.15, 0.2) is 5.96 Å². The van der Waals surface area contributed by atoms with Gasteiger partial charge in [0.05, 0.1) is 5.69 Å². The van der Waals surface area contributed by atoms with Crippen LogP contribution in [0.3, 0.4) is 0 Å². The van der Waals surface area contributed by atoms with E-state index in [2.05, 4.69) is 62.5 Å². The van der Waals surface area contributed by atoms with E-state index in [-0.39, 0.29) is 24.0 Å². The molecule has 1 aromatic carbocycles. The van der Waals surface area contributed by atoms with E-state index in [1.54, 1.807) is 0 Å². The number of nitrogens with one attached hydrogen (secondary N) is 2. The number of guanidine groups is 1. The predicted octanol–water partition coefficient (Wildman–Crippen LogP) is 4.41. The van der Waals surface area contributed by atoms with Crippen LogP contribution in [0.15, 0.2) is 35.3 Å². The Balaban J connectivity index is 0.00000341. The van der Waals surface area contributed by atoms with Crippen molar-refractivity contribution in [2.45, 2.75) is 45.7 Å². The number of halogens is 2. The average Bonchev–Trinajstić information content (AvgIpc) is 3.04. The molecule has 1 aliphatic heterocycles. The summed E-state index contributed by atoms with van der Waals surface area (Å²) in [6, 6.07) is 10.8. The Labute approximate surface area is 208 Å². The van der Waals surface area contributed by atoms with E-state index in [4.69, 9.17) is 11.6 Å². The van der Waals surface area contributed by atoms with E-state index < -0.39 is 0 Å². The van der Waals surface area contributed by atoms with Gasteiger partial charge >= 0.3 is 0 Å². The highest BCUT2D eigenvalue weighted by molar-refractivity contribution is 14.0. The number of hydrogen-bond acceptors (Lipinski definition) is 3. The number of likely N-dealkylation sites (tertiary alicyclic amines) is 1. The smallest absolute Gasteiger partial charge is 0.190 e. The number of benzene rings is 1.